The normalized spacial score (nSPS) is 16.4. The van der Waals surface area contributed by atoms with Gasteiger partial charge in [-0.1, -0.05) is 18.2 Å². The average Bonchev–Trinajstić information content (AvgIpc) is 3.20. The van der Waals surface area contributed by atoms with Crippen LogP contribution in [0.5, 0.6) is 0 Å². The van der Waals surface area contributed by atoms with Crippen LogP contribution in [0.4, 0.5) is 5.69 Å². The molecule has 104 valence electrons. The molecule has 0 radical (unpaired) electrons. The fraction of sp³-hybridized carbons (Fsp3) is 0.533. The Bertz CT molecular complexity index is 454. The Balaban J connectivity index is 2.13. The second-order valence-corrected chi connectivity index (χ2v) is 5.51. The highest BCUT2D eigenvalue weighted by molar-refractivity contribution is 5.81. The quantitative estimate of drug-likeness (QED) is 0.821. The molecule has 1 fully saturated rings. The van der Waals surface area contributed by atoms with Gasteiger partial charge in [0.1, 0.15) is 0 Å². The number of likely N-dealkylation sites (N-methyl/N-ethyl adjacent to an activating group) is 1. The van der Waals surface area contributed by atoms with E-state index in [4.69, 9.17) is 5.73 Å². The topological polar surface area (TPSA) is 49.6 Å². The summed E-state index contributed by atoms with van der Waals surface area (Å²) in [4.78, 5) is 16.1. The van der Waals surface area contributed by atoms with Crippen molar-refractivity contribution in [3.05, 3.63) is 29.8 Å². The number of carbonyl (C=O) groups excluding carboxylic acids is 1. The van der Waals surface area contributed by atoms with Crippen molar-refractivity contribution in [1.82, 2.24) is 9.80 Å². The van der Waals surface area contributed by atoms with E-state index in [0.29, 0.717) is 6.04 Å². The van der Waals surface area contributed by atoms with E-state index in [1.54, 1.807) is 19.0 Å². The summed E-state index contributed by atoms with van der Waals surface area (Å²) < 4.78 is 0. The van der Waals surface area contributed by atoms with Gasteiger partial charge >= 0.3 is 0 Å². The molecule has 4 nitrogen and oxygen atoms in total. The van der Waals surface area contributed by atoms with Crippen molar-refractivity contribution in [2.24, 2.45) is 0 Å². The fourth-order valence-electron chi connectivity index (χ4n) is 2.38. The molecule has 19 heavy (non-hydrogen) atoms. The lowest BCUT2D eigenvalue weighted by atomic mass is 10.1. The van der Waals surface area contributed by atoms with E-state index in [-0.39, 0.29) is 11.9 Å². The summed E-state index contributed by atoms with van der Waals surface area (Å²) >= 11 is 0. The molecule has 1 amide bonds. The van der Waals surface area contributed by atoms with Crippen LogP contribution in [0.3, 0.4) is 0 Å². The third kappa shape index (κ3) is 3.26. The standard InChI is InChI=1S/C15H23N3O/c1-11(15(19)17(2)3)18(13-8-9-13)10-12-6-4-5-7-14(12)16/h4-7,11,13H,8-10,16H2,1-3H3. The molecule has 0 bridgehead atoms. The number of rotatable bonds is 5. The molecule has 1 unspecified atom stereocenters. The highest BCUT2D eigenvalue weighted by Gasteiger charge is 2.35. The third-order valence-electron chi connectivity index (χ3n) is 3.72. The summed E-state index contributed by atoms with van der Waals surface area (Å²) in [7, 11) is 3.61. The Kier molecular flexibility index (Phi) is 4.10. The van der Waals surface area contributed by atoms with Gasteiger partial charge in [-0.2, -0.15) is 0 Å². The summed E-state index contributed by atoms with van der Waals surface area (Å²) in [5.74, 6) is 0.154. The molecule has 1 aliphatic carbocycles. The first-order chi connectivity index (χ1) is 9.00. The van der Waals surface area contributed by atoms with Crippen LogP contribution in [-0.2, 0) is 11.3 Å². The molecule has 2 rings (SSSR count). The van der Waals surface area contributed by atoms with Crippen molar-refractivity contribution in [3.8, 4) is 0 Å². The molecule has 2 N–H and O–H groups in total. The predicted molar refractivity (Wildman–Crippen MR) is 77.6 cm³/mol. The number of carbonyl (C=O) groups is 1. The molecule has 1 aromatic carbocycles. The van der Waals surface area contributed by atoms with Crippen LogP contribution in [0.15, 0.2) is 24.3 Å². The van der Waals surface area contributed by atoms with E-state index in [0.717, 1.165) is 17.8 Å². The summed E-state index contributed by atoms with van der Waals surface area (Å²) in [5.41, 5.74) is 7.91. The Morgan fingerprint density at radius 2 is 2.00 bits per heavy atom. The van der Waals surface area contributed by atoms with Crippen LogP contribution >= 0.6 is 0 Å². The van der Waals surface area contributed by atoms with Gasteiger partial charge in [0.05, 0.1) is 6.04 Å². The monoisotopic (exact) mass is 261 g/mol. The zero-order chi connectivity index (χ0) is 14.0. The minimum atomic E-state index is -0.0953. The van der Waals surface area contributed by atoms with E-state index in [2.05, 4.69) is 4.90 Å². The molecule has 1 atom stereocenters. The van der Waals surface area contributed by atoms with E-state index < -0.39 is 0 Å². The fourth-order valence-corrected chi connectivity index (χ4v) is 2.38. The largest absolute Gasteiger partial charge is 0.398 e. The Morgan fingerprint density at radius 1 is 1.37 bits per heavy atom. The zero-order valence-electron chi connectivity index (χ0n) is 12.0. The summed E-state index contributed by atoms with van der Waals surface area (Å²) in [5, 5.41) is 0. The Labute approximate surface area is 115 Å². The van der Waals surface area contributed by atoms with Crippen molar-refractivity contribution in [1.29, 1.82) is 0 Å². The highest BCUT2D eigenvalue weighted by atomic mass is 16.2. The number of amides is 1. The van der Waals surface area contributed by atoms with Gasteiger partial charge in [-0.25, -0.2) is 0 Å². The van der Waals surface area contributed by atoms with Crippen LogP contribution < -0.4 is 5.73 Å². The first kappa shape index (κ1) is 13.9. The summed E-state index contributed by atoms with van der Waals surface area (Å²) in [6.07, 6.45) is 2.36. The summed E-state index contributed by atoms with van der Waals surface area (Å²) in [6.45, 7) is 2.73. The Hall–Kier alpha value is -1.55. The number of hydrogen-bond donors (Lipinski definition) is 1. The zero-order valence-corrected chi connectivity index (χ0v) is 12.0. The minimum absolute atomic E-state index is 0.0953. The van der Waals surface area contributed by atoms with Crippen LogP contribution in [0.2, 0.25) is 0 Å². The van der Waals surface area contributed by atoms with Gasteiger partial charge < -0.3 is 10.6 Å². The highest BCUT2D eigenvalue weighted by Crippen LogP contribution is 2.31. The molecular weight excluding hydrogens is 238 g/mol. The average molecular weight is 261 g/mol. The SMILES string of the molecule is CC(C(=O)N(C)C)N(Cc1ccccc1N)C1CC1. The molecule has 1 aliphatic rings. The second-order valence-electron chi connectivity index (χ2n) is 5.51. The predicted octanol–water partition coefficient (Wildman–Crippen LogP) is 1.71. The van der Waals surface area contributed by atoms with E-state index in [1.165, 1.54) is 12.8 Å². The lowest BCUT2D eigenvalue weighted by Crippen LogP contribution is -2.45. The van der Waals surface area contributed by atoms with Crippen molar-refractivity contribution < 1.29 is 4.79 Å². The van der Waals surface area contributed by atoms with Gasteiger partial charge in [0.2, 0.25) is 5.91 Å². The van der Waals surface area contributed by atoms with Crippen molar-refractivity contribution >= 4 is 11.6 Å². The van der Waals surface area contributed by atoms with Crippen molar-refractivity contribution in [2.75, 3.05) is 19.8 Å². The first-order valence-electron chi connectivity index (χ1n) is 6.81. The lowest BCUT2D eigenvalue weighted by Gasteiger charge is -2.30. The molecule has 1 aromatic rings. The number of nitrogens with zero attached hydrogens (tertiary/aromatic N) is 2. The van der Waals surface area contributed by atoms with Crippen molar-refractivity contribution in [3.63, 3.8) is 0 Å². The second kappa shape index (κ2) is 5.61. The molecular formula is C15H23N3O. The smallest absolute Gasteiger partial charge is 0.239 e. The van der Waals surface area contributed by atoms with Gasteiger partial charge in [0.25, 0.3) is 0 Å². The van der Waals surface area contributed by atoms with Crippen molar-refractivity contribution in [2.45, 2.75) is 38.4 Å². The van der Waals surface area contributed by atoms with Gasteiger partial charge in [-0.15, -0.1) is 0 Å². The molecule has 1 saturated carbocycles. The number of nitrogen functional groups attached to an aromatic ring is 1. The maximum Gasteiger partial charge on any atom is 0.239 e. The van der Waals surface area contributed by atoms with Gasteiger partial charge in [0, 0.05) is 32.4 Å². The molecule has 0 spiro atoms. The number of anilines is 1. The molecule has 0 heterocycles. The minimum Gasteiger partial charge on any atom is -0.398 e. The summed E-state index contributed by atoms with van der Waals surface area (Å²) in [6, 6.07) is 8.32. The van der Waals surface area contributed by atoms with E-state index in [9.17, 15) is 4.79 Å². The van der Waals surface area contributed by atoms with Crippen LogP contribution in [0.1, 0.15) is 25.3 Å². The van der Waals surface area contributed by atoms with Gasteiger partial charge in [-0.3, -0.25) is 9.69 Å². The van der Waals surface area contributed by atoms with E-state index in [1.807, 2.05) is 31.2 Å². The number of hydrogen-bond acceptors (Lipinski definition) is 3. The van der Waals surface area contributed by atoms with Crippen LogP contribution in [-0.4, -0.2) is 41.9 Å². The molecule has 0 saturated heterocycles. The first-order valence-corrected chi connectivity index (χ1v) is 6.81. The lowest BCUT2D eigenvalue weighted by molar-refractivity contribution is -0.134. The van der Waals surface area contributed by atoms with Crippen LogP contribution in [0, 0.1) is 0 Å². The van der Waals surface area contributed by atoms with Gasteiger partial charge in [-0.05, 0) is 31.4 Å². The van der Waals surface area contributed by atoms with Crippen LogP contribution in [0.25, 0.3) is 0 Å². The number of benzene rings is 1. The number of para-hydroxylation sites is 1. The van der Waals surface area contributed by atoms with Gasteiger partial charge in [0.15, 0.2) is 0 Å². The molecule has 4 heteroatoms. The molecule has 0 aliphatic heterocycles. The van der Waals surface area contributed by atoms with E-state index >= 15 is 0 Å². The third-order valence-corrected chi connectivity index (χ3v) is 3.72. The maximum absolute atomic E-state index is 12.1. The maximum atomic E-state index is 12.1. The molecule has 0 aromatic heterocycles. The number of nitrogens with two attached hydrogens (primary N) is 1. The Morgan fingerprint density at radius 3 is 2.53 bits per heavy atom.